The van der Waals surface area contributed by atoms with Gasteiger partial charge in [0, 0.05) is 45.6 Å². The lowest BCUT2D eigenvalue weighted by Gasteiger charge is -2.41. The zero-order chi connectivity index (χ0) is 45.6. The Hall–Kier alpha value is -4.53. The monoisotopic (exact) mass is 850 g/mol. The van der Waals surface area contributed by atoms with Gasteiger partial charge in [-0.1, -0.05) is 92.1 Å². The number of benzene rings is 2. The topological polar surface area (TPSA) is 176 Å². The fourth-order valence-corrected chi connectivity index (χ4v) is 8.64. The summed E-state index contributed by atoms with van der Waals surface area (Å²) in [5, 5.41) is 8.95. The molecule has 14 nitrogen and oxygen atoms in total. The molecule has 1 aliphatic rings. The van der Waals surface area contributed by atoms with Crippen LogP contribution >= 0.6 is 0 Å². The normalized spacial score (nSPS) is 18.1. The van der Waals surface area contributed by atoms with Gasteiger partial charge in [0.2, 0.25) is 29.5 Å². The Morgan fingerprint density at radius 2 is 1.48 bits per heavy atom. The molecule has 3 rings (SSSR count). The van der Waals surface area contributed by atoms with Gasteiger partial charge in [-0.3, -0.25) is 28.9 Å². The van der Waals surface area contributed by atoms with E-state index < -0.39 is 48.3 Å². The average molecular weight is 850 g/mol. The number of amides is 5. The summed E-state index contributed by atoms with van der Waals surface area (Å²) in [6, 6.07) is 13.3. The van der Waals surface area contributed by atoms with Crippen molar-refractivity contribution in [3.8, 4) is 0 Å². The molecular weight excluding hydrogens is 775 g/mol. The molecule has 0 aliphatic carbocycles. The highest BCUT2D eigenvalue weighted by molar-refractivity contribution is 5.98. The minimum absolute atomic E-state index is 0.00345. The van der Waals surface area contributed by atoms with E-state index in [9.17, 15) is 24.0 Å². The van der Waals surface area contributed by atoms with Crippen LogP contribution in [-0.4, -0.2) is 128 Å². The summed E-state index contributed by atoms with van der Waals surface area (Å²) in [6.07, 6.45) is 0.995. The zero-order valence-electron chi connectivity index (χ0n) is 38.8. The van der Waals surface area contributed by atoms with Crippen molar-refractivity contribution in [2.75, 3.05) is 52.5 Å². The van der Waals surface area contributed by atoms with E-state index in [0.717, 1.165) is 18.4 Å². The molecule has 0 spiro atoms. The van der Waals surface area contributed by atoms with Gasteiger partial charge >= 0.3 is 0 Å². The Balaban J connectivity index is 1.81. The number of nitrogens with one attached hydrogen (secondary N) is 3. The lowest BCUT2D eigenvalue weighted by Crippen LogP contribution is -2.60. The SMILES string of the molecule is CC[C@H](C)[C@@H]([C@@H](CC(=O)N1CCC[C@H]1[C@H](OC)[C@@H](C)C(=O)N[C@@H](Cc1ccccc1)C(=O)Nc1ccc(N)cc1)OC)N(C)C(=O)[C@@H](NC(=O)[C@H](C(C)C)N(C)CC)C(C)C. The molecule has 9 atom stereocenters. The highest BCUT2D eigenvalue weighted by Crippen LogP contribution is 2.30. The van der Waals surface area contributed by atoms with E-state index in [1.54, 1.807) is 55.1 Å². The molecule has 0 saturated carbocycles. The summed E-state index contributed by atoms with van der Waals surface area (Å²) in [5.41, 5.74) is 7.84. The van der Waals surface area contributed by atoms with Crippen LogP contribution in [0.2, 0.25) is 0 Å². The summed E-state index contributed by atoms with van der Waals surface area (Å²) < 4.78 is 12.1. The van der Waals surface area contributed by atoms with Gasteiger partial charge in [-0.05, 0) is 74.0 Å². The molecular formula is C47H75N7O7. The number of carbonyl (C=O) groups is 5. The predicted molar refractivity (Wildman–Crippen MR) is 241 cm³/mol. The second kappa shape index (κ2) is 24.2. The summed E-state index contributed by atoms with van der Waals surface area (Å²) in [5.74, 6) is -2.28. The first-order chi connectivity index (χ1) is 28.9. The van der Waals surface area contributed by atoms with Gasteiger partial charge in [0.15, 0.2) is 0 Å². The number of anilines is 2. The Morgan fingerprint density at radius 3 is 2.02 bits per heavy atom. The molecule has 0 aromatic heterocycles. The highest BCUT2D eigenvalue weighted by atomic mass is 16.5. The van der Waals surface area contributed by atoms with E-state index >= 15 is 0 Å². The van der Waals surface area contributed by atoms with E-state index in [1.165, 1.54) is 7.11 Å². The zero-order valence-corrected chi connectivity index (χ0v) is 38.8. The van der Waals surface area contributed by atoms with Gasteiger partial charge in [0.1, 0.15) is 12.1 Å². The Bertz CT molecular complexity index is 1710. The van der Waals surface area contributed by atoms with Crippen LogP contribution in [0.25, 0.3) is 0 Å². The first-order valence-electron chi connectivity index (χ1n) is 22.0. The predicted octanol–water partition coefficient (Wildman–Crippen LogP) is 4.97. The standard InChI is InChI=1S/C47H75N7O7/c1-13-31(7)42(53(10)47(59)40(29(3)4)51-46(58)41(30(5)6)52(9)14-2)38(60-11)28-39(55)54-26-18-21-37(54)43(61-12)32(8)44(56)50-36(27-33-19-16-15-17-20-33)45(57)49-35-24-22-34(48)23-25-35/h15-17,19-20,22-25,29-32,36-38,40-43H,13-14,18,21,26-28,48H2,1-12H3,(H,49,57)(H,50,56)(H,51,58)/t31-,32+,36-,37-,38+,40-,41-,42-,43+/m0/s1. The van der Waals surface area contributed by atoms with Crippen molar-refractivity contribution in [2.45, 2.75) is 130 Å². The van der Waals surface area contributed by atoms with Gasteiger partial charge in [-0.15, -0.1) is 0 Å². The van der Waals surface area contributed by atoms with Gasteiger partial charge in [-0.25, -0.2) is 0 Å². The van der Waals surface area contributed by atoms with Crippen LogP contribution in [0.3, 0.4) is 0 Å². The van der Waals surface area contributed by atoms with Crippen LogP contribution in [0.5, 0.6) is 0 Å². The molecule has 0 bridgehead atoms. The smallest absolute Gasteiger partial charge is 0.247 e. The quantitative estimate of drug-likeness (QED) is 0.113. The largest absolute Gasteiger partial charge is 0.399 e. The highest BCUT2D eigenvalue weighted by Gasteiger charge is 2.43. The number of methoxy groups -OCH3 is 2. The first-order valence-corrected chi connectivity index (χ1v) is 22.0. The molecule has 14 heteroatoms. The number of ether oxygens (including phenoxy) is 2. The lowest BCUT2D eigenvalue weighted by molar-refractivity contribution is -0.148. The maximum Gasteiger partial charge on any atom is 0.247 e. The second-order valence-electron chi connectivity index (χ2n) is 17.4. The van der Waals surface area contributed by atoms with Crippen LogP contribution in [-0.2, 0) is 39.9 Å². The van der Waals surface area contributed by atoms with Gasteiger partial charge in [0.05, 0.1) is 42.7 Å². The van der Waals surface area contributed by atoms with Crippen LogP contribution < -0.4 is 21.7 Å². The number of likely N-dealkylation sites (tertiary alicyclic amines) is 1. The fraction of sp³-hybridized carbons (Fsp3) is 0.638. The van der Waals surface area contributed by atoms with Crippen molar-refractivity contribution in [3.05, 3.63) is 60.2 Å². The number of nitrogen functional groups attached to an aromatic ring is 1. The molecule has 1 fully saturated rings. The third-order valence-electron chi connectivity index (χ3n) is 12.5. The summed E-state index contributed by atoms with van der Waals surface area (Å²) in [4.78, 5) is 75.6. The van der Waals surface area contributed by atoms with Gasteiger partial charge < -0.3 is 41.0 Å². The molecule has 1 saturated heterocycles. The molecule has 1 heterocycles. The number of nitrogens with two attached hydrogens (primary N) is 1. The Labute approximate surface area is 365 Å². The number of hydrogen-bond acceptors (Lipinski definition) is 9. The summed E-state index contributed by atoms with van der Waals surface area (Å²) in [7, 11) is 6.74. The number of hydrogen-bond donors (Lipinski definition) is 4. The van der Waals surface area contributed by atoms with Crippen molar-refractivity contribution in [2.24, 2.45) is 23.7 Å². The summed E-state index contributed by atoms with van der Waals surface area (Å²) in [6.45, 7) is 16.8. The van der Waals surface area contributed by atoms with E-state index in [4.69, 9.17) is 15.2 Å². The van der Waals surface area contributed by atoms with Crippen molar-refractivity contribution in [1.82, 2.24) is 25.3 Å². The maximum atomic E-state index is 14.4. The van der Waals surface area contributed by atoms with E-state index in [-0.39, 0.29) is 60.1 Å². The molecule has 340 valence electrons. The average Bonchev–Trinajstić information content (AvgIpc) is 3.72. The number of carbonyl (C=O) groups excluding carboxylic acids is 5. The molecule has 0 unspecified atom stereocenters. The number of likely N-dealkylation sites (N-methyl/N-ethyl adjacent to an activating group) is 2. The molecule has 5 amide bonds. The van der Waals surface area contributed by atoms with Crippen molar-refractivity contribution >= 4 is 40.9 Å². The van der Waals surface area contributed by atoms with Gasteiger partial charge in [0.25, 0.3) is 0 Å². The summed E-state index contributed by atoms with van der Waals surface area (Å²) >= 11 is 0. The number of nitrogens with zero attached hydrogens (tertiary/aromatic N) is 3. The van der Waals surface area contributed by atoms with E-state index in [0.29, 0.717) is 30.9 Å². The molecule has 61 heavy (non-hydrogen) atoms. The van der Waals surface area contributed by atoms with Crippen LogP contribution in [0.15, 0.2) is 54.6 Å². The molecule has 1 aliphatic heterocycles. The second-order valence-corrected chi connectivity index (χ2v) is 17.4. The molecule has 5 N–H and O–H groups in total. The minimum Gasteiger partial charge on any atom is -0.399 e. The Kier molecular flexibility index (Phi) is 20.2. The van der Waals surface area contributed by atoms with Crippen LogP contribution in [0.4, 0.5) is 11.4 Å². The van der Waals surface area contributed by atoms with Crippen LogP contribution in [0.1, 0.15) is 86.6 Å². The van der Waals surface area contributed by atoms with Crippen molar-refractivity contribution in [1.29, 1.82) is 0 Å². The van der Waals surface area contributed by atoms with Crippen LogP contribution in [0, 0.1) is 23.7 Å². The molecule has 2 aromatic carbocycles. The molecule has 2 aromatic rings. The van der Waals surface area contributed by atoms with Crippen molar-refractivity contribution in [3.63, 3.8) is 0 Å². The third-order valence-corrected chi connectivity index (χ3v) is 12.5. The minimum atomic E-state index is -0.897. The van der Waals surface area contributed by atoms with E-state index in [2.05, 4.69) is 16.0 Å². The lowest BCUT2D eigenvalue weighted by atomic mass is 9.89. The first kappa shape index (κ1) is 50.8. The fourth-order valence-electron chi connectivity index (χ4n) is 8.64. The maximum absolute atomic E-state index is 14.4. The Morgan fingerprint density at radius 1 is 0.836 bits per heavy atom. The van der Waals surface area contributed by atoms with Crippen molar-refractivity contribution < 1.29 is 33.4 Å². The number of rotatable bonds is 23. The van der Waals surface area contributed by atoms with Gasteiger partial charge in [-0.2, -0.15) is 0 Å². The third kappa shape index (κ3) is 13.7. The van der Waals surface area contributed by atoms with E-state index in [1.807, 2.05) is 90.7 Å². The molecule has 0 radical (unpaired) electrons.